The van der Waals surface area contributed by atoms with Crippen molar-refractivity contribution in [1.29, 1.82) is 0 Å². The number of piperidine rings is 1. The zero-order valence-electron chi connectivity index (χ0n) is 22.9. The third-order valence-electron chi connectivity index (χ3n) is 6.52. The van der Waals surface area contributed by atoms with Crippen LogP contribution in [0.1, 0.15) is 77.3 Å². The molecule has 1 aromatic heterocycles. The molecule has 1 aromatic carbocycles. The van der Waals surface area contributed by atoms with Crippen molar-refractivity contribution in [3.05, 3.63) is 36.1 Å². The van der Waals surface area contributed by atoms with Gasteiger partial charge in [-0.1, -0.05) is 32.0 Å². The Kier molecular flexibility index (Phi) is 9.46. The molecule has 3 atom stereocenters. The standard InChI is InChI=1S/C29H39N3O6/c1-17(2)13-20(15-22(33)24-16-18-9-6-7-11-23(18)38-24)27(36)31-21(14-19-10-8-12-30-26(19)35)25(34)28(37)32-29(3,4)5/h6-7,9,11,16-17,19-21H,8,10,12-15H2,1-5H3,(H,30,35)(H,31,36)(H,32,37)/t19-,20+,21-/m0/s1. The number of furan rings is 1. The fraction of sp³-hybridized carbons (Fsp3) is 0.552. The molecule has 3 N–H and O–H groups in total. The number of para-hydroxylation sites is 1. The third-order valence-corrected chi connectivity index (χ3v) is 6.52. The molecular weight excluding hydrogens is 486 g/mol. The Balaban J connectivity index is 1.79. The van der Waals surface area contributed by atoms with E-state index in [0.717, 1.165) is 11.8 Å². The highest BCUT2D eigenvalue weighted by atomic mass is 16.3. The van der Waals surface area contributed by atoms with Gasteiger partial charge in [0.05, 0.1) is 6.04 Å². The van der Waals surface area contributed by atoms with Crippen LogP contribution in [0, 0.1) is 17.8 Å². The first-order valence-electron chi connectivity index (χ1n) is 13.3. The summed E-state index contributed by atoms with van der Waals surface area (Å²) in [6, 6.07) is 7.75. The Morgan fingerprint density at radius 3 is 2.47 bits per heavy atom. The fourth-order valence-electron chi connectivity index (χ4n) is 4.72. The van der Waals surface area contributed by atoms with E-state index in [-0.39, 0.29) is 36.2 Å². The highest BCUT2D eigenvalue weighted by molar-refractivity contribution is 6.38. The second kappa shape index (κ2) is 12.4. The van der Waals surface area contributed by atoms with E-state index in [9.17, 15) is 24.0 Å². The highest BCUT2D eigenvalue weighted by Gasteiger charge is 2.36. The molecule has 1 fully saturated rings. The Labute approximate surface area is 223 Å². The van der Waals surface area contributed by atoms with Gasteiger partial charge in [0.2, 0.25) is 17.6 Å². The van der Waals surface area contributed by atoms with E-state index in [1.54, 1.807) is 32.9 Å². The Morgan fingerprint density at radius 1 is 1.13 bits per heavy atom. The summed E-state index contributed by atoms with van der Waals surface area (Å²) in [7, 11) is 0. The van der Waals surface area contributed by atoms with Crippen LogP contribution in [0.4, 0.5) is 0 Å². The molecule has 0 spiro atoms. The van der Waals surface area contributed by atoms with E-state index in [2.05, 4.69) is 16.0 Å². The second-order valence-corrected chi connectivity index (χ2v) is 11.6. The molecule has 0 bridgehead atoms. The lowest BCUT2D eigenvalue weighted by atomic mass is 9.88. The van der Waals surface area contributed by atoms with Gasteiger partial charge in [-0.3, -0.25) is 24.0 Å². The first-order chi connectivity index (χ1) is 17.8. The van der Waals surface area contributed by atoms with Crippen molar-refractivity contribution in [3.63, 3.8) is 0 Å². The quantitative estimate of drug-likeness (QED) is 0.303. The van der Waals surface area contributed by atoms with E-state index in [0.29, 0.717) is 25.0 Å². The summed E-state index contributed by atoms with van der Waals surface area (Å²) in [5.41, 5.74) is -0.0649. The van der Waals surface area contributed by atoms with Crippen molar-refractivity contribution in [2.24, 2.45) is 17.8 Å². The number of benzene rings is 1. The molecule has 0 saturated carbocycles. The van der Waals surface area contributed by atoms with Crippen molar-refractivity contribution >= 4 is 40.3 Å². The van der Waals surface area contributed by atoms with Crippen LogP contribution in [-0.2, 0) is 19.2 Å². The summed E-state index contributed by atoms with van der Waals surface area (Å²) >= 11 is 0. The fourth-order valence-corrected chi connectivity index (χ4v) is 4.72. The van der Waals surface area contributed by atoms with Crippen molar-refractivity contribution in [1.82, 2.24) is 16.0 Å². The van der Waals surface area contributed by atoms with Crippen molar-refractivity contribution in [3.8, 4) is 0 Å². The number of carbonyl (C=O) groups excluding carboxylic acids is 5. The zero-order valence-corrected chi connectivity index (χ0v) is 22.9. The second-order valence-electron chi connectivity index (χ2n) is 11.6. The lowest BCUT2D eigenvalue weighted by Crippen LogP contribution is -2.54. The normalized spacial score (nSPS) is 17.5. The van der Waals surface area contributed by atoms with Crippen LogP contribution in [0.15, 0.2) is 34.7 Å². The number of carbonyl (C=O) groups is 5. The lowest BCUT2D eigenvalue weighted by Gasteiger charge is -2.28. The molecule has 0 radical (unpaired) electrons. The van der Waals surface area contributed by atoms with Crippen LogP contribution in [0.3, 0.4) is 0 Å². The molecule has 3 amide bonds. The minimum atomic E-state index is -1.19. The number of fused-ring (bicyclic) bond motifs is 1. The number of nitrogens with one attached hydrogen (secondary N) is 3. The molecule has 1 aliphatic rings. The molecule has 0 aliphatic carbocycles. The maximum absolute atomic E-state index is 13.5. The molecule has 206 valence electrons. The zero-order chi connectivity index (χ0) is 28.0. The summed E-state index contributed by atoms with van der Waals surface area (Å²) in [6.45, 7) is 9.70. The number of ketones is 2. The molecule has 9 nitrogen and oxygen atoms in total. The van der Waals surface area contributed by atoms with Crippen molar-refractivity contribution < 1.29 is 28.4 Å². The lowest BCUT2D eigenvalue weighted by molar-refractivity contribution is -0.142. The van der Waals surface area contributed by atoms with Crippen LogP contribution in [0.2, 0.25) is 0 Å². The van der Waals surface area contributed by atoms with Gasteiger partial charge < -0.3 is 20.4 Å². The number of Topliss-reactive ketones (excluding diaryl/α,β-unsaturated/α-hetero) is 2. The minimum Gasteiger partial charge on any atom is -0.453 e. The van der Waals surface area contributed by atoms with E-state index in [1.807, 2.05) is 32.0 Å². The maximum Gasteiger partial charge on any atom is 0.290 e. The Hall–Kier alpha value is -3.49. The number of hydrogen-bond donors (Lipinski definition) is 3. The first kappa shape index (κ1) is 29.1. The van der Waals surface area contributed by atoms with Crippen LogP contribution in [-0.4, -0.2) is 47.4 Å². The van der Waals surface area contributed by atoms with Gasteiger partial charge in [0.1, 0.15) is 5.58 Å². The molecule has 1 aliphatic heterocycles. The molecule has 2 aromatic rings. The van der Waals surface area contributed by atoms with Crippen LogP contribution in [0.25, 0.3) is 11.0 Å². The topological polar surface area (TPSA) is 135 Å². The van der Waals surface area contributed by atoms with Gasteiger partial charge in [-0.15, -0.1) is 0 Å². The molecule has 38 heavy (non-hydrogen) atoms. The molecule has 3 rings (SSSR count). The third kappa shape index (κ3) is 8.00. The summed E-state index contributed by atoms with van der Waals surface area (Å²) < 4.78 is 5.69. The number of hydrogen-bond acceptors (Lipinski definition) is 6. The molecule has 1 saturated heterocycles. The smallest absolute Gasteiger partial charge is 0.290 e. The van der Waals surface area contributed by atoms with Gasteiger partial charge in [0.15, 0.2) is 11.5 Å². The summed E-state index contributed by atoms with van der Waals surface area (Å²) in [4.78, 5) is 64.9. The molecule has 2 heterocycles. The number of rotatable bonds is 11. The van der Waals surface area contributed by atoms with Crippen LogP contribution in [0.5, 0.6) is 0 Å². The predicted molar refractivity (Wildman–Crippen MR) is 143 cm³/mol. The summed E-state index contributed by atoms with van der Waals surface area (Å²) in [6.07, 6.45) is 1.62. The largest absolute Gasteiger partial charge is 0.453 e. The molecule has 9 heteroatoms. The summed E-state index contributed by atoms with van der Waals surface area (Å²) in [5, 5.41) is 8.95. The van der Waals surface area contributed by atoms with E-state index >= 15 is 0 Å². The Bertz CT molecular complexity index is 1160. The van der Waals surface area contributed by atoms with Gasteiger partial charge in [-0.05, 0) is 64.5 Å². The van der Waals surface area contributed by atoms with E-state index in [1.165, 1.54) is 0 Å². The molecule has 0 unspecified atom stereocenters. The maximum atomic E-state index is 13.5. The Morgan fingerprint density at radius 2 is 1.84 bits per heavy atom. The van der Waals surface area contributed by atoms with Gasteiger partial charge in [0, 0.05) is 35.7 Å². The minimum absolute atomic E-state index is 0.0138. The van der Waals surface area contributed by atoms with Gasteiger partial charge in [0.25, 0.3) is 5.91 Å². The van der Waals surface area contributed by atoms with Gasteiger partial charge in [-0.25, -0.2) is 0 Å². The predicted octanol–water partition coefficient (Wildman–Crippen LogP) is 3.55. The van der Waals surface area contributed by atoms with E-state index < -0.39 is 41.0 Å². The van der Waals surface area contributed by atoms with Gasteiger partial charge in [-0.2, -0.15) is 0 Å². The first-order valence-corrected chi connectivity index (χ1v) is 13.3. The van der Waals surface area contributed by atoms with Crippen molar-refractivity contribution in [2.45, 2.75) is 78.3 Å². The van der Waals surface area contributed by atoms with Crippen molar-refractivity contribution in [2.75, 3.05) is 6.54 Å². The monoisotopic (exact) mass is 525 g/mol. The van der Waals surface area contributed by atoms with E-state index in [4.69, 9.17) is 4.42 Å². The van der Waals surface area contributed by atoms with Crippen LogP contribution < -0.4 is 16.0 Å². The number of amides is 3. The highest BCUT2D eigenvalue weighted by Crippen LogP contribution is 2.25. The van der Waals surface area contributed by atoms with Crippen LogP contribution >= 0.6 is 0 Å². The SMILES string of the molecule is CC(C)C[C@H](CC(=O)c1cc2ccccc2o1)C(=O)N[C@@H](C[C@@H]1CCCNC1=O)C(=O)C(=O)NC(C)(C)C. The average Bonchev–Trinajstić information content (AvgIpc) is 3.27. The van der Waals surface area contributed by atoms with Gasteiger partial charge >= 0.3 is 0 Å². The summed E-state index contributed by atoms with van der Waals surface area (Å²) in [5.74, 6) is -3.61. The average molecular weight is 526 g/mol. The molecular formula is C29H39N3O6.